The van der Waals surface area contributed by atoms with Gasteiger partial charge < -0.3 is 0 Å². The minimum absolute atomic E-state index is 0.114. The number of fused-ring (bicyclic) bond motifs is 2. The molecule has 0 spiro atoms. The van der Waals surface area contributed by atoms with Gasteiger partial charge in [-0.3, -0.25) is 0 Å². The van der Waals surface area contributed by atoms with Crippen molar-refractivity contribution in [3.8, 4) is 56.2 Å². The summed E-state index contributed by atoms with van der Waals surface area (Å²) in [4.78, 5) is 10.1. The zero-order valence-electron chi connectivity index (χ0n) is 33.3. The smallest absolute Gasteiger partial charge is 0.160 e. The van der Waals surface area contributed by atoms with Gasteiger partial charge >= 0.3 is 0 Å². The van der Waals surface area contributed by atoms with Crippen LogP contribution in [0.3, 0.4) is 0 Å². The van der Waals surface area contributed by atoms with Crippen molar-refractivity contribution in [2.45, 2.75) is 0 Å². The van der Waals surface area contributed by atoms with E-state index in [1.807, 2.05) is 97.1 Å². The Bertz CT molecular complexity index is 2610. The Morgan fingerprint density at radius 3 is 1.20 bits per heavy atom. The fourth-order valence-electron chi connectivity index (χ4n) is 5.69. The van der Waals surface area contributed by atoms with Crippen molar-refractivity contribution in [2.24, 2.45) is 0 Å². The summed E-state index contributed by atoms with van der Waals surface area (Å²) < 4.78 is 83.9. The van der Waals surface area contributed by atoms with Gasteiger partial charge in [-0.1, -0.05) is 164 Å². The molecule has 7 aromatic carbocycles. The number of hydrogen-bond acceptors (Lipinski definition) is 2. The minimum Gasteiger partial charge on any atom is -0.228 e. The van der Waals surface area contributed by atoms with Crippen molar-refractivity contribution < 1.29 is 13.7 Å². The van der Waals surface area contributed by atoms with Crippen LogP contribution in [-0.4, -0.2) is 9.97 Å². The first-order chi connectivity index (χ1) is 26.0. The average Bonchev–Trinajstić information content (AvgIpc) is 3.21. The Kier molecular flexibility index (Phi) is 4.36. The summed E-state index contributed by atoms with van der Waals surface area (Å²) in [6.07, 6.45) is 0. The molecular formula is C42H28N2. The summed E-state index contributed by atoms with van der Waals surface area (Å²) >= 11 is 0. The Morgan fingerprint density at radius 1 is 0.364 bits per heavy atom. The van der Waals surface area contributed by atoms with Crippen LogP contribution in [0, 0.1) is 0 Å². The topological polar surface area (TPSA) is 25.8 Å². The van der Waals surface area contributed by atoms with Crippen LogP contribution >= 0.6 is 0 Å². The largest absolute Gasteiger partial charge is 0.228 e. The summed E-state index contributed by atoms with van der Waals surface area (Å²) in [6.45, 7) is 0. The van der Waals surface area contributed by atoms with Crippen LogP contribution in [0.1, 0.15) is 13.7 Å². The van der Waals surface area contributed by atoms with Crippen molar-refractivity contribution in [1.29, 1.82) is 0 Å². The molecule has 0 saturated carbocycles. The second-order valence-electron chi connectivity index (χ2n) is 10.2. The molecule has 0 fully saturated rings. The second kappa shape index (κ2) is 11.1. The van der Waals surface area contributed by atoms with Gasteiger partial charge in [0, 0.05) is 16.7 Å². The normalized spacial score (nSPS) is 14.4. The van der Waals surface area contributed by atoms with E-state index >= 15 is 0 Å². The highest BCUT2D eigenvalue weighted by Gasteiger charge is 2.17. The Hall–Kier alpha value is -5.86. The van der Waals surface area contributed by atoms with E-state index in [2.05, 4.69) is 0 Å². The van der Waals surface area contributed by atoms with Crippen LogP contribution < -0.4 is 0 Å². The Morgan fingerprint density at radius 2 is 0.750 bits per heavy atom. The van der Waals surface area contributed by atoms with Crippen LogP contribution in [0.25, 0.3) is 77.7 Å². The molecule has 0 aliphatic rings. The van der Waals surface area contributed by atoms with Crippen LogP contribution in [0.4, 0.5) is 0 Å². The van der Waals surface area contributed by atoms with Gasteiger partial charge in [0.15, 0.2) is 5.82 Å². The molecule has 8 aromatic rings. The van der Waals surface area contributed by atoms with Gasteiger partial charge in [-0.15, -0.1) is 0 Å². The van der Waals surface area contributed by atoms with E-state index in [9.17, 15) is 0 Å². The molecule has 0 unspecified atom stereocenters. The van der Waals surface area contributed by atoms with Crippen molar-refractivity contribution >= 4 is 21.5 Å². The maximum Gasteiger partial charge on any atom is 0.160 e. The first kappa shape index (κ1) is 17.3. The molecule has 0 amide bonds. The summed E-state index contributed by atoms with van der Waals surface area (Å²) in [5.41, 5.74) is 4.65. The maximum atomic E-state index is 8.66. The summed E-state index contributed by atoms with van der Waals surface area (Å²) in [6, 6.07) is 30.0. The van der Waals surface area contributed by atoms with Crippen LogP contribution in [-0.2, 0) is 0 Å². The van der Waals surface area contributed by atoms with Crippen LogP contribution in [0.2, 0.25) is 0 Å². The maximum absolute atomic E-state index is 8.66. The van der Waals surface area contributed by atoms with Gasteiger partial charge in [0.05, 0.1) is 25.1 Å². The van der Waals surface area contributed by atoms with Gasteiger partial charge in [0.25, 0.3) is 0 Å². The molecule has 0 aliphatic heterocycles. The number of benzene rings is 7. The van der Waals surface area contributed by atoms with E-state index in [-0.39, 0.29) is 35.3 Å². The summed E-state index contributed by atoms with van der Waals surface area (Å²) in [5.74, 6) is 0.459. The molecule has 0 bridgehead atoms. The van der Waals surface area contributed by atoms with Crippen LogP contribution in [0.5, 0.6) is 0 Å². The molecule has 1 aromatic heterocycles. The summed E-state index contributed by atoms with van der Waals surface area (Å²) in [7, 11) is 0. The monoisotopic (exact) mass is 570 g/mol. The molecule has 0 radical (unpaired) electrons. The second-order valence-corrected chi connectivity index (χ2v) is 10.2. The first-order valence-corrected chi connectivity index (χ1v) is 14.1. The highest BCUT2D eigenvalue weighted by Crippen LogP contribution is 2.39. The molecule has 2 heteroatoms. The lowest BCUT2D eigenvalue weighted by molar-refractivity contribution is 1.19. The Balaban J connectivity index is 1.38. The van der Waals surface area contributed by atoms with E-state index in [1.54, 1.807) is 12.1 Å². The summed E-state index contributed by atoms with van der Waals surface area (Å²) in [5, 5.41) is 2.88. The molecular weight excluding hydrogens is 532 g/mol. The molecule has 2 nitrogen and oxygen atoms in total. The SMILES string of the molecule is [2H]c1c([2H])c([2H])c(-c2ccc(-c3cc(-c4ccc(-c5c([2H])c([2H])c([2H])c([2H])c5[2H])c5ccccc45)nc(-c4ccccc4)n3)c3ccccc23)c([2H])c1[2H]. The highest BCUT2D eigenvalue weighted by molar-refractivity contribution is 6.07. The first-order valence-electron chi connectivity index (χ1n) is 19.1. The van der Waals surface area contributed by atoms with E-state index in [0.29, 0.717) is 39.1 Å². The molecule has 0 saturated heterocycles. The predicted molar refractivity (Wildman–Crippen MR) is 184 cm³/mol. The third kappa shape index (κ3) is 4.63. The zero-order chi connectivity index (χ0) is 38.0. The fraction of sp³-hybridized carbons (Fsp3) is 0. The fourth-order valence-corrected chi connectivity index (χ4v) is 5.69. The minimum atomic E-state index is -0.453. The zero-order valence-corrected chi connectivity index (χ0v) is 23.3. The standard InChI is InChI=1S/C42H28N2/c1-4-14-29(15-5-1)32-24-26-38(36-22-12-10-20-34(32)36)40-28-41(44-42(43-40)31-18-8-3-9-19-31)39-27-25-33(30-16-6-2-7-17-30)35-21-11-13-23-37(35)39/h1-28H/i1D,2D,4D,5D,6D,7D,14D,15D,16D,17D. The molecule has 206 valence electrons. The molecule has 0 atom stereocenters. The van der Waals surface area contributed by atoms with Crippen molar-refractivity contribution in [2.75, 3.05) is 0 Å². The van der Waals surface area contributed by atoms with E-state index in [4.69, 9.17) is 23.7 Å². The molecule has 44 heavy (non-hydrogen) atoms. The molecule has 8 rings (SSSR count). The predicted octanol–water partition coefficient (Wildman–Crippen LogP) is 11.1. The van der Waals surface area contributed by atoms with Gasteiger partial charge in [-0.25, -0.2) is 9.97 Å². The Labute approximate surface area is 271 Å². The lowest BCUT2D eigenvalue weighted by Gasteiger charge is -2.15. The molecule has 0 aliphatic carbocycles. The lowest BCUT2D eigenvalue weighted by atomic mass is 9.92. The van der Waals surface area contributed by atoms with Gasteiger partial charge in [0.2, 0.25) is 0 Å². The number of rotatable bonds is 5. The van der Waals surface area contributed by atoms with Gasteiger partial charge in [-0.05, 0) is 49.9 Å². The third-order valence-electron chi connectivity index (χ3n) is 7.70. The van der Waals surface area contributed by atoms with Crippen molar-refractivity contribution in [3.63, 3.8) is 0 Å². The lowest BCUT2D eigenvalue weighted by Crippen LogP contribution is -1.97. The van der Waals surface area contributed by atoms with E-state index in [1.165, 1.54) is 0 Å². The average molecular weight is 571 g/mol. The highest BCUT2D eigenvalue weighted by atomic mass is 14.9. The number of hydrogen-bond donors (Lipinski definition) is 0. The van der Waals surface area contributed by atoms with Crippen molar-refractivity contribution in [1.82, 2.24) is 9.97 Å². The molecule has 0 N–H and O–H groups in total. The van der Waals surface area contributed by atoms with Crippen molar-refractivity contribution in [3.05, 3.63) is 170 Å². The quantitative estimate of drug-likeness (QED) is 0.206. The van der Waals surface area contributed by atoms with Crippen LogP contribution in [0.15, 0.2) is 170 Å². The van der Waals surface area contributed by atoms with Gasteiger partial charge in [0.1, 0.15) is 0 Å². The number of aromatic nitrogens is 2. The molecule has 1 heterocycles. The van der Waals surface area contributed by atoms with E-state index in [0.717, 1.165) is 27.5 Å². The van der Waals surface area contributed by atoms with E-state index < -0.39 is 36.3 Å². The number of nitrogens with zero attached hydrogens (tertiary/aromatic N) is 2. The van der Waals surface area contributed by atoms with Gasteiger partial charge in [-0.2, -0.15) is 0 Å². The third-order valence-corrected chi connectivity index (χ3v) is 7.70.